The molecule has 0 aliphatic heterocycles. The lowest BCUT2D eigenvalue weighted by Gasteiger charge is -2.31. The maximum Gasteiger partial charge on any atom is 0.243 e. The van der Waals surface area contributed by atoms with E-state index in [1.807, 2.05) is 76.2 Å². The van der Waals surface area contributed by atoms with Crippen LogP contribution in [0.4, 0.5) is 0 Å². The Kier molecular flexibility index (Phi) is 9.05. The molecule has 2 amide bonds. The van der Waals surface area contributed by atoms with Gasteiger partial charge in [-0.05, 0) is 57.0 Å². The average molecular weight is 433 g/mol. The van der Waals surface area contributed by atoms with Crippen LogP contribution in [0.3, 0.4) is 0 Å². The maximum absolute atomic E-state index is 13.1. The van der Waals surface area contributed by atoms with Crippen LogP contribution in [0.5, 0.6) is 0 Å². The molecule has 0 bridgehead atoms. The lowest BCUT2D eigenvalue weighted by molar-refractivity contribution is -0.139. The van der Waals surface area contributed by atoms with E-state index in [1.54, 1.807) is 4.90 Å². The predicted octanol–water partition coefficient (Wildman–Crippen LogP) is 5.07. The molecule has 156 valence electrons. The third kappa shape index (κ3) is 7.41. The van der Waals surface area contributed by atoms with Crippen LogP contribution in [0.1, 0.15) is 38.3 Å². The zero-order chi connectivity index (χ0) is 21.4. The van der Waals surface area contributed by atoms with Crippen molar-refractivity contribution in [3.63, 3.8) is 0 Å². The number of thioether (sulfide) groups is 1. The van der Waals surface area contributed by atoms with Gasteiger partial charge in [-0.15, -0.1) is 11.8 Å². The first-order valence-electron chi connectivity index (χ1n) is 9.84. The molecule has 29 heavy (non-hydrogen) atoms. The minimum atomic E-state index is -0.503. The summed E-state index contributed by atoms with van der Waals surface area (Å²) in [5.74, 6) is 0.0922. The van der Waals surface area contributed by atoms with Crippen LogP contribution >= 0.6 is 23.4 Å². The van der Waals surface area contributed by atoms with Crippen LogP contribution < -0.4 is 5.32 Å². The predicted molar refractivity (Wildman–Crippen MR) is 121 cm³/mol. The monoisotopic (exact) mass is 432 g/mol. The highest BCUT2D eigenvalue weighted by molar-refractivity contribution is 8.00. The lowest BCUT2D eigenvalue weighted by Crippen LogP contribution is -2.50. The molecule has 2 aromatic carbocycles. The Bertz CT molecular complexity index is 807. The second kappa shape index (κ2) is 11.3. The first kappa shape index (κ1) is 23.3. The molecule has 0 aliphatic carbocycles. The molecule has 1 unspecified atom stereocenters. The number of nitrogens with zero attached hydrogens (tertiary/aromatic N) is 1. The van der Waals surface area contributed by atoms with Crippen LogP contribution in [0.2, 0.25) is 5.02 Å². The largest absolute Gasteiger partial charge is 0.352 e. The van der Waals surface area contributed by atoms with Crippen LogP contribution in [0.15, 0.2) is 53.4 Å². The van der Waals surface area contributed by atoms with Gasteiger partial charge in [-0.3, -0.25) is 9.59 Å². The highest BCUT2D eigenvalue weighted by Gasteiger charge is 2.28. The van der Waals surface area contributed by atoms with Gasteiger partial charge < -0.3 is 10.2 Å². The zero-order valence-corrected chi connectivity index (χ0v) is 19.0. The molecule has 1 N–H and O–H groups in total. The van der Waals surface area contributed by atoms with E-state index in [9.17, 15) is 9.59 Å². The summed E-state index contributed by atoms with van der Waals surface area (Å²) in [6.45, 7) is 8.22. The summed E-state index contributed by atoms with van der Waals surface area (Å²) in [6, 6.07) is 15.0. The Morgan fingerprint density at radius 3 is 2.24 bits per heavy atom. The molecular weight excluding hydrogens is 404 g/mol. The van der Waals surface area contributed by atoms with Crippen molar-refractivity contribution in [3.8, 4) is 0 Å². The second-order valence-electron chi connectivity index (χ2n) is 7.34. The van der Waals surface area contributed by atoms with E-state index in [2.05, 4.69) is 5.32 Å². The van der Waals surface area contributed by atoms with Crippen LogP contribution in [-0.4, -0.2) is 34.6 Å². The molecule has 0 spiro atoms. The fraction of sp³-hybridized carbons (Fsp3) is 0.391. The van der Waals surface area contributed by atoms with Gasteiger partial charge in [-0.2, -0.15) is 0 Å². The molecule has 0 heterocycles. The number of carbonyl (C=O) groups is 2. The smallest absolute Gasteiger partial charge is 0.243 e. The van der Waals surface area contributed by atoms with Crippen molar-refractivity contribution < 1.29 is 9.59 Å². The first-order valence-corrected chi connectivity index (χ1v) is 11.2. The molecule has 2 rings (SSSR count). The van der Waals surface area contributed by atoms with Crippen molar-refractivity contribution in [3.05, 3.63) is 64.7 Å². The Morgan fingerprint density at radius 1 is 1.07 bits per heavy atom. The van der Waals surface area contributed by atoms with Crippen molar-refractivity contribution in [1.82, 2.24) is 10.2 Å². The van der Waals surface area contributed by atoms with Gasteiger partial charge in [0.05, 0.1) is 5.75 Å². The quantitative estimate of drug-likeness (QED) is 0.562. The number of hydrogen-bond donors (Lipinski definition) is 1. The Labute approximate surface area is 183 Å². The van der Waals surface area contributed by atoms with Gasteiger partial charge in [0.1, 0.15) is 6.04 Å². The van der Waals surface area contributed by atoms with Gasteiger partial charge in [-0.25, -0.2) is 0 Å². The number of amides is 2. The van der Waals surface area contributed by atoms with Gasteiger partial charge in [0, 0.05) is 22.5 Å². The van der Waals surface area contributed by atoms with Crippen LogP contribution in [0, 0.1) is 6.92 Å². The highest BCUT2D eigenvalue weighted by atomic mass is 35.5. The molecule has 0 aromatic heterocycles. The molecule has 0 saturated carbocycles. The van der Waals surface area contributed by atoms with E-state index in [4.69, 9.17) is 11.6 Å². The lowest BCUT2D eigenvalue weighted by atomic mass is 10.1. The molecule has 6 heteroatoms. The van der Waals surface area contributed by atoms with E-state index in [1.165, 1.54) is 11.8 Å². The van der Waals surface area contributed by atoms with Gasteiger partial charge in [-0.1, -0.05) is 48.4 Å². The van der Waals surface area contributed by atoms with E-state index < -0.39 is 6.04 Å². The summed E-state index contributed by atoms with van der Waals surface area (Å²) in [5.41, 5.74) is 2.17. The summed E-state index contributed by atoms with van der Waals surface area (Å²) >= 11 is 7.38. The van der Waals surface area contributed by atoms with Crippen molar-refractivity contribution >= 4 is 35.2 Å². The molecule has 1 atom stereocenters. The summed E-state index contributed by atoms with van der Waals surface area (Å²) < 4.78 is 0. The number of aryl methyl sites for hydroxylation is 1. The number of benzene rings is 2. The summed E-state index contributed by atoms with van der Waals surface area (Å²) in [5, 5.41) is 3.61. The fourth-order valence-electron chi connectivity index (χ4n) is 2.95. The van der Waals surface area contributed by atoms with E-state index in [-0.39, 0.29) is 23.6 Å². The molecule has 4 nitrogen and oxygen atoms in total. The van der Waals surface area contributed by atoms with Gasteiger partial charge in [0.25, 0.3) is 0 Å². The van der Waals surface area contributed by atoms with Gasteiger partial charge in [0.2, 0.25) is 11.8 Å². The van der Waals surface area contributed by atoms with Crippen LogP contribution in [-0.2, 0) is 16.1 Å². The molecule has 0 fully saturated rings. The summed E-state index contributed by atoms with van der Waals surface area (Å²) in [4.78, 5) is 28.6. The van der Waals surface area contributed by atoms with E-state index in [0.717, 1.165) is 16.0 Å². The van der Waals surface area contributed by atoms with Crippen molar-refractivity contribution in [1.29, 1.82) is 0 Å². The first-order chi connectivity index (χ1) is 13.8. The van der Waals surface area contributed by atoms with E-state index >= 15 is 0 Å². The Balaban J connectivity index is 2.18. The number of carbonyl (C=O) groups excluding carboxylic acids is 2. The van der Waals surface area contributed by atoms with Gasteiger partial charge in [0.15, 0.2) is 0 Å². The zero-order valence-electron chi connectivity index (χ0n) is 17.4. The number of halogens is 1. The SMILES string of the molecule is CCC(C(=O)NC(C)C)N(Cc1ccc(C)cc1)C(=O)CSc1ccc(Cl)cc1. The topological polar surface area (TPSA) is 49.4 Å². The summed E-state index contributed by atoms with van der Waals surface area (Å²) in [6.07, 6.45) is 0.557. The third-order valence-corrected chi connectivity index (χ3v) is 5.72. The molecule has 2 aromatic rings. The standard InChI is InChI=1S/C23H29ClN2O2S/c1-5-21(23(28)25-16(2)3)26(14-18-8-6-17(4)7-9-18)22(27)15-29-20-12-10-19(24)11-13-20/h6-13,16,21H,5,14-15H2,1-4H3,(H,25,28). The maximum atomic E-state index is 13.1. The number of rotatable bonds is 9. The second-order valence-corrected chi connectivity index (χ2v) is 8.82. The minimum absolute atomic E-state index is 0.0244. The minimum Gasteiger partial charge on any atom is -0.352 e. The molecule has 0 saturated heterocycles. The third-order valence-electron chi connectivity index (χ3n) is 4.47. The van der Waals surface area contributed by atoms with Crippen molar-refractivity contribution in [2.75, 3.05) is 5.75 Å². The Morgan fingerprint density at radius 2 is 1.69 bits per heavy atom. The highest BCUT2D eigenvalue weighted by Crippen LogP contribution is 2.22. The Hall–Kier alpha value is -1.98. The molecule has 0 radical (unpaired) electrons. The van der Waals surface area contributed by atoms with Crippen molar-refractivity contribution in [2.24, 2.45) is 0 Å². The van der Waals surface area contributed by atoms with E-state index in [0.29, 0.717) is 18.0 Å². The molecule has 0 aliphatic rings. The van der Waals surface area contributed by atoms with Crippen LogP contribution in [0.25, 0.3) is 0 Å². The fourth-order valence-corrected chi connectivity index (χ4v) is 3.86. The normalized spacial score (nSPS) is 11.9. The van der Waals surface area contributed by atoms with Crippen molar-refractivity contribution in [2.45, 2.75) is 57.6 Å². The van der Waals surface area contributed by atoms with Gasteiger partial charge >= 0.3 is 0 Å². The number of hydrogen-bond acceptors (Lipinski definition) is 3. The summed E-state index contributed by atoms with van der Waals surface area (Å²) in [7, 11) is 0. The average Bonchev–Trinajstić information content (AvgIpc) is 2.68. The number of nitrogens with one attached hydrogen (secondary N) is 1. The molecular formula is C23H29ClN2O2S.